The van der Waals surface area contributed by atoms with Crippen LogP contribution in [0.4, 0.5) is 9.59 Å². The second-order valence-corrected chi connectivity index (χ2v) is 13.0. The average Bonchev–Trinajstić information content (AvgIpc) is 3.90. The predicted molar refractivity (Wildman–Crippen MR) is 188 cm³/mol. The lowest BCUT2D eigenvalue weighted by Crippen LogP contribution is -2.54. The maximum atomic E-state index is 13.4. The van der Waals surface area contributed by atoms with Crippen molar-refractivity contribution in [3.05, 3.63) is 54.1 Å². The number of nitrogens with zero attached hydrogens (tertiary/aromatic N) is 4. The molecule has 14 heteroatoms. The molecule has 2 aromatic rings. The van der Waals surface area contributed by atoms with E-state index >= 15 is 0 Å². The summed E-state index contributed by atoms with van der Waals surface area (Å²) in [6, 6.07) is 5.68. The Morgan fingerprint density at radius 3 is 2.12 bits per heavy atom. The van der Waals surface area contributed by atoms with Crippen LogP contribution < -0.4 is 16.4 Å². The number of carbonyl (C=O) groups is 4. The molecule has 4 atom stereocenters. The van der Waals surface area contributed by atoms with Crippen LogP contribution in [0.1, 0.15) is 70.8 Å². The van der Waals surface area contributed by atoms with Gasteiger partial charge < -0.3 is 40.6 Å². The van der Waals surface area contributed by atoms with Gasteiger partial charge in [-0.25, -0.2) is 19.6 Å². The van der Waals surface area contributed by atoms with Crippen molar-refractivity contribution in [3.63, 3.8) is 0 Å². The molecule has 4 rings (SSSR count). The third-order valence-corrected chi connectivity index (χ3v) is 8.90. The molecule has 0 saturated carbocycles. The number of carbonyl (C=O) groups excluding carboxylic acids is 4. The molecule has 5 N–H and O–H groups in total. The molecule has 2 saturated heterocycles. The highest BCUT2D eigenvalue weighted by Gasteiger charge is 2.38. The first-order valence-corrected chi connectivity index (χ1v) is 16.9. The van der Waals surface area contributed by atoms with Crippen molar-refractivity contribution in [1.82, 2.24) is 30.4 Å². The summed E-state index contributed by atoms with van der Waals surface area (Å²) in [5, 5.41) is 5.29. The second-order valence-electron chi connectivity index (χ2n) is 13.0. The van der Waals surface area contributed by atoms with Crippen molar-refractivity contribution >= 4 is 29.8 Å². The lowest BCUT2D eigenvalue weighted by atomic mass is 10.0. The fourth-order valence-electron chi connectivity index (χ4n) is 6.17. The van der Waals surface area contributed by atoms with E-state index in [1.54, 1.807) is 22.1 Å². The van der Waals surface area contributed by atoms with Crippen LogP contribution in [-0.4, -0.2) is 95.0 Å². The summed E-state index contributed by atoms with van der Waals surface area (Å²) >= 11 is 0. The molecular weight excluding hydrogens is 640 g/mol. The average molecular weight is 689 g/mol. The summed E-state index contributed by atoms with van der Waals surface area (Å²) in [5.41, 5.74) is 8.82. The minimum atomic E-state index is -0.729. The number of likely N-dealkylation sites (tertiary alicyclic amines) is 2. The Morgan fingerprint density at radius 1 is 0.940 bits per heavy atom. The number of aliphatic imine (C=N–C) groups is 1. The molecule has 0 spiro atoms. The maximum absolute atomic E-state index is 13.4. The van der Waals surface area contributed by atoms with Gasteiger partial charge in [-0.2, -0.15) is 0 Å². The van der Waals surface area contributed by atoms with Crippen molar-refractivity contribution in [1.29, 1.82) is 0 Å². The topological polar surface area (TPSA) is 184 Å². The summed E-state index contributed by atoms with van der Waals surface area (Å²) in [6.45, 7) is 8.60. The molecule has 1 aromatic heterocycles. The third kappa shape index (κ3) is 9.22. The van der Waals surface area contributed by atoms with Gasteiger partial charge in [-0.05, 0) is 55.2 Å². The number of aromatic amines is 1. The van der Waals surface area contributed by atoms with Crippen LogP contribution in [0.3, 0.4) is 0 Å². The van der Waals surface area contributed by atoms with Gasteiger partial charge in [0.2, 0.25) is 11.8 Å². The zero-order valence-electron chi connectivity index (χ0n) is 29.6. The molecule has 0 bridgehead atoms. The summed E-state index contributed by atoms with van der Waals surface area (Å²) in [4.78, 5) is 66.1. The van der Waals surface area contributed by atoms with Gasteiger partial charge in [0.1, 0.15) is 23.7 Å². The van der Waals surface area contributed by atoms with E-state index in [9.17, 15) is 19.2 Å². The number of nitrogens with two attached hydrogens (primary N) is 1. The molecule has 14 nitrogen and oxygen atoms in total. The van der Waals surface area contributed by atoms with E-state index < -0.39 is 24.3 Å². The number of hydrogen-bond donors (Lipinski definition) is 4. The Bertz CT molecular complexity index is 1640. The highest BCUT2D eigenvalue weighted by atomic mass is 16.5. The van der Waals surface area contributed by atoms with E-state index in [0.29, 0.717) is 31.2 Å². The number of allylic oxidation sites excluding steroid dienone is 1. The molecular formula is C36H48N8O6. The molecule has 1 aromatic carbocycles. The van der Waals surface area contributed by atoms with E-state index in [1.807, 2.05) is 52.0 Å². The number of ether oxygens (including phenoxy) is 2. The van der Waals surface area contributed by atoms with Crippen LogP contribution in [0.5, 0.6) is 0 Å². The van der Waals surface area contributed by atoms with Crippen molar-refractivity contribution in [2.75, 3.05) is 27.3 Å². The smallest absolute Gasteiger partial charge is 0.407 e. The van der Waals surface area contributed by atoms with Crippen LogP contribution in [0.25, 0.3) is 11.3 Å². The minimum Gasteiger partial charge on any atom is -0.453 e. The van der Waals surface area contributed by atoms with Crippen molar-refractivity contribution in [3.8, 4) is 23.1 Å². The number of imidazole rings is 1. The number of amidine groups is 1. The molecule has 0 radical (unpaired) electrons. The van der Waals surface area contributed by atoms with E-state index in [1.165, 1.54) is 20.4 Å². The molecule has 2 aliphatic rings. The first-order valence-electron chi connectivity index (χ1n) is 16.9. The quantitative estimate of drug-likeness (QED) is 0.165. The summed E-state index contributed by atoms with van der Waals surface area (Å²) in [7, 11) is 2.54. The standard InChI is InChI=1S/C36H48N8O6/c1-22(2)29(41-35(47)49-5)33(45)43-19-9-12-27(43)31(37)38-18-8-7-11-24-14-16-25(17-15-24)26-21-39-32(40-26)28-13-10-20-44(28)34(46)30(23(3)4)42-36(48)50-6/h8,14-18,21-23,27-30H,9-10,12-13,19-20H2,1-6H3,(H2,37,38)(H,39,40)(H,41,47)(H,42,48)/b18-8+/t27-,28-,29?,30-/m1/s1. The van der Waals surface area contributed by atoms with Crippen LogP contribution >= 0.6 is 0 Å². The zero-order chi connectivity index (χ0) is 36.4. The number of methoxy groups -OCH3 is 2. The fraction of sp³-hybridized carbons (Fsp3) is 0.500. The van der Waals surface area contributed by atoms with Crippen molar-refractivity contribution in [2.24, 2.45) is 22.6 Å². The summed E-state index contributed by atoms with van der Waals surface area (Å²) in [5.74, 6) is 6.43. The third-order valence-electron chi connectivity index (χ3n) is 8.90. The van der Waals surface area contributed by atoms with Crippen LogP contribution in [-0.2, 0) is 19.1 Å². The molecule has 0 aliphatic carbocycles. The molecule has 2 fully saturated rings. The van der Waals surface area contributed by atoms with E-state index in [-0.39, 0.29) is 35.7 Å². The Balaban J connectivity index is 1.36. The van der Waals surface area contributed by atoms with Crippen LogP contribution in [0, 0.1) is 23.7 Å². The van der Waals surface area contributed by atoms with Gasteiger partial charge in [0.15, 0.2) is 0 Å². The molecule has 268 valence electrons. The summed E-state index contributed by atoms with van der Waals surface area (Å²) < 4.78 is 9.41. The molecule has 2 aliphatic heterocycles. The second kappa shape index (κ2) is 17.4. The Morgan fingerprint density at radius 2 is 1.52 bits per heavy atom. The first kappa shape index (κ1) is 37.5. The van der Waals surface area contributed by atoms with Gasteiger partial charge in [0, 0.05) is 30.9 Å². The van der Waals surface area contributed by atoms with E-state index in [0.717, 1.165) is 36.1 Å². The van der Waals surface area contributed by atoms with Gasteiger partial charge in [-0.1, -0.05) is 51.7 Å². The maximum Gasteiger partial charge on any atom is 0.407 e. The monoisotopic (exact) mass is 688 g/mol. The van der Waals surface area contributed by atoms with Gasteiger partial charge in [0.25, 0.3) is 0 Å². The zero-order valence-corrected chi connectivity index (χ0v) is 29.6. The first-order chi connectivity index (χ1) is 23.9. The Kier molecular flexibility index (Phi) is 13.0. The van der Waals surface area contributed by atoms with Crippen molar-refractivity contribution in [2.45, 2.75) is 77.5 Å². The lowest BCUT2D eigenvalue weighted by Gasteiger charge is -2.30. The van der Waals surface area contributed by atoms with Crippen LogP contribution in [0.15, 0.2) is 47.7 Å². The van der Waals surface area contributed by atoms with Gasteiger partial charge >= 0.3 is 12.2 Å². The van der Waals surface area contributed by atoms with E-state index in [4.69, 9.17) is 10.5 Å². The number of hydrogen-bond acceptors (Lipinski definition) is 8. The number of rotatable bonds is 10. The normalized spacial score (nSPS) is 18.9. The number of alkyl carbamates (subject to hydrolysis) is 2. The minimum absolute atomic E-state index is 0.111. The molecule has 4 amide bonds. The highest BCUT2D eigenvalue weighted by Crippen LogP contribution is 2.32. The summed E-state index contributed by atoms with van der Waals surface area (Å²) in [6.07, 6.45) is 6.64. The Labute approximate surface area is 293 Å². The number of nitrogens with one attached hydrogen (secondary N) is 3. The largest absolute Gasteiger partial charge is 0.453 e. The van der Waals surface area contributed by atoms with Gasteiger partial charge in [-0.15, -0.1) is 0 Å². The Hall–Kier alpha value is -5.32. The van der Waals surface area contributed by atoms with Crippen molar-refractivity contribution < 1.29 is 28.7 Å². The number of H-pyrrole nitrogens is 1. The predicted octanol–water partition coefficient (Wildman–Crippen LogP) is 3.71. The number of benzene rings is 1. The lowest BCUT2D eigenvalue weighted by molar-refractivity contribution is -0.135. The highest BCUT2D eigenvalue weighted by molar-refractivity contribution is 5.94. The fourth-order valence-corrected chi connectivity index (χ4v) is 6.17. The molecule has 3 heterocycles. The molecule has 50 heavy (non-hydrogen) atoms. The van der Waals surface area contributed by atoms with Crippen LogP contribution in [0.2, 0.25) is 0 Å². The molecule has 1 unspecified atom stereocenters. The number of amides is 4. The van der Waals surface area contributed by atoms with Gasteiger partial charge in [-0.3, -0.25) is 9.59 Å². The number of aromatic nitrogens is 2. The van der Waals surface area contributed by atoms with Gasteiger partial charge in [0.05, 0.1) is 38.2 Å². The van der Waals surface area contributed by atoms with E-state index in [2.05, 4.69) is 42.2 Å². The SMILES string of the molecule is COC(=O)NC(C(=O)N1CCC[C@@H]1C(N)=N/C=C/C#Cc1ccc(-c2cnc([C@H]3CCCN3C(=O)[C@H](NC(=O)OC)C(C)C)[nH]2)cc1)C(C)C.